The average molecular weight is 1390 g/mol. The number of nitriles is 1. The van der Waals surface area contributed by atoms with E-state index in [4.69, 9.17) is 0 Å². The van der Waals surface area contributed by atoms with E-state index >= 15 is 52.7 Å². The number of fused-ring (bicyclic) bond motifs is 6. The molecule has 12 rings (SSSR count). The molecule has 0 amide bonds. The van der Waals surface area contributed by atoms with Gasteiger partial charge in [-0.1, -0.05) is 72.8 Å². The predicted molar refractivity (Wildman–Crippen MR) is 314 cm³/mol. The number of nitrogens with zero attached hydrogens (tertiary/aromatic N) is 4. The quantitative estimate of drug-likeness (QED) is 0.149. The third-order valence-electron chi connectivity index (χ3n) is 16.5. The van der Waals surface area contributed by atoms with Crippen LogP contribution >= 0.6 is 0 Å². The van der Waals surface area contributed by atoms with E-state index in [1.165, 1.54) is 32.0 Å². The van der Waals surface area contributed by atoms with E-state index in [0.717, 1.165) is 88.0 Å². The lowest BCUT2D eigenvalue weighted by Crippen LogP contribution is -2.12. The van der Waals surface area contributed by atoms with Crippen LogP contribution in [-0.4, -0.2) is 14.1 Å². The van der Waals surface area contributed by atoms with Gasteiger partial charge in [-0.05, 0) is 161 Å². The van der Waals surface area contributed by atoms with E-state index in [2.05, 4.69) is 4.98 Å². The molecule has 0 aliphatic carbocycles. The normalized spacial score (nSPS) is 13.2. The zero-order valence-electron chi connectivity index (χ0n) is 49.0. The van der Waals surface area contributed by atoms with E-state index < -0.39 is 150 Å². The molecule has 0 radical (unpaired) electrons. The van der Waals surface area contributed by atoms with Crippen LogP contribution in [-0.2, 0) is 49.4 Å². The second-order valence-corrected chi connectivity index (χ2v) is 22.8. The minimum absolute atomic E-state index is 0.0533. The van der Waals surface area contributed by atoms with Crippen LogP contribution in [0.2, 0.25) is 0 Å². The Kier molecular flexibility index (Phi) is 15.7. The van der Waals surface area contributed by atoms with Crippen LogP contribution in [0.5, 0.6) is 0 Å². The van der Waals surface area contributed by atoms with Crippen molar-refractivity contribution in [3.8, 4) is 73.1 Å². The number of aryl methyl sites for hydroxylation is 2. The first-order valence-corrected chi connectivity index (χ1v) is 28.3. The summed E-state index contributed by atoms with van der Waals surface area (Å²) in [5.74, 6) is 0. The van der Waals surface area contributed by atoms with Crippen molar-refractivity contribution in [2.75, 3.05) is 0 Å². The maximum Gasteiger partial charge on any atom is 0.417 e. The first kappa shape index (κ1) is 67.5. The molecule has 12 aromatic rings. The first-order chi connectivity index (χ1) is 45.4. The fourth-order valence-electron chi connectivity index (χ4n) is 12.3. The van der Waals surface area contributed by atoms with Crippen molar-refractivity contribution >= 4 is 43.6 Å². The molecule has 3 aromatic heterocycles. The van der Waals surface area contributed by atoms with Crippen molar-refractivity contribution in [1.29, 1.82) is 5.26 Å². The van der Waals surface area contributed by atoms with Gasteiger partial charge in [0.1, 0.15) is 0 Å². The summed E-state index contributed by atoms with van der Waals surface area (Å²) in [7, 11) is 0. The Hall–Kier alpha value is -10.5. The van der Waals surface area contributed by atoms with E-state index in [1.54, 1.807) is 0 Å². The van der Waals surface area contributed by atoms with Crippen LogP contribution < -0.4 is 0 Å². The summed E-state index contributed by atoms with van der Waals surface area (Å²) in [6, 6.07) is 22.5. The lowest BCUT2D eigenvalue weighted by Gasteiger charge is -2.21. The Morgan fingerprint density at radius 2 is 0.531 bits per heavy atom. The van der Waals surface area contributed by atoms with E-state index in [0.29, 0.717) is 59.9 Å². The van der Waals surface area contributed by atoms with Gasteiger partial charge < -0.3 is 9.13 Å². The number of pyridine rings is 1. The number of halogens is 24. The van der Waals surface area contributed by atoms with Crippen LogP contribution in [0, 0.1) is 25.2 Å². The summed E-state index contributed by atoms with van der Waals surface area (Å²) >= 11 is 0. The van der Waals surface area contributed by atoms with Crippen molar-refractivity contribution in [1.82, 2.24) is 14.1 Å². The molecule has 0 spiro atoms. The molecule has 0 aliphatic heterocycles. The summed E-state index contributed by atoms with van der Waals surface area (Å²) in [4.78, 5) is 4.37. The SMILES string of the molecule is Cc1cc(-c2cc(-n3c4cc(-c5ccc(C(F)(F)F)cc5C(F)(F)F)ccc4c4ccc(-c5ccc(C(F)(F)F)cc5C(F)(F)F)cc43)c(-n3c4cc(-c5ccc(C(F)(F)F)cc5C(F)(F)F)ccc4c4ccc(-c5ccc(C(F)(F)F)cc5C(F)(F)F)cc43)cc2C#N)cc(C)n1. The van der Waals surface area contributed by atoms with Gasteiger partial charge in [-0.15, -0.1) is 0 Å². The average Bonchev–Trinajstić information content (AvgIpc) is 1.55. The molecule has 0 saturated carbocycles. The molecular formula is C70H34F24N4. The second-order valence-electron chi connectivity index (χ2n) is 22.8. The maximum atomic E-state index is 15.2. The molecule has 0 N–H and O–H groups in total. The predicted octanol–water partition coefficient (Wildman–Crippen LogP) is 24.2. The molecule has 0 saturated heterocycles. The first-order valence-electron chi connectivity index (χ1n) is 28.3. The Morgan fingerprint density at radius 1 is 0.276 bits per heavy atom. The number of hydrogen-bond acceptors (Lipinski definition) is 2. The molecule has 0 bridgehead atoms. The van der Waals surface area contributed by atoms with Crippen molar-refractivity contribution in [3.05, 3.63) is 231 Å². The lowest BCUT2D eigenvalue weighted by molar-refractivity contribution is -0.144. The highest BCUT2D eigenvalue weighted by molar-refractivity contribution is 6.14. The molecule has 0 atom stereocenters. The number of benzene rings is 9. The summed E-state index contributed by atoms with van der Waals surface area (Å²) in [5.41, 5.74) is -21.9. The highest BCUT2D eigenvalue weighted by Gasteiger charge is 2.43. The van der Waals surface area contributed by atoms with Gasteiger partial charge >= 0.3 is 49.4 Å². The van der Waals surface area contributed by atoms with Crippen molar-refractivity contribution in [2.24, 2.45) is 0 Å². The molecule has 0 aliphatic rings. The van der Waals surface area contributed by atoms with Gasteiger partial charge in [0, 0.05) is 38.5 Å². The largest absolute Gasteiger partial charge is 0.417 e. The molecule has 0 unspecified atom stereocenters. The zero-order chi connectivity index (χ0) is 71.3. The Morgan fingerprint density at radius 3 is 0.765 bits per heavy atom. The molecule has 0 fully saturated rings. The van der Waals surface area contributed by atoms with E-state index in [9.17, 15) is 57.9 Å². The molecule has 28 heteroatoms. The Bertz CT molecular complexity index is 5020. The zero-order valence-corrected chi connectivity index (χ0v) is 49.0. The van der Waals surface area contributed by atoms with Crippen LogP contribution in [0.3, 0.4) is 0 Å². The topological polar surface area (TPSA) is 46.5 Å². The van der Waals surface area contributed by atoms with Crippen LogP contribution in [0.25, 0.3) is 111 Å². The second kappa shape index (κ2) is 22.8. The van der Waals surface area contributed by atoms with Gasteiger partial charge in [0.25, 0.3) is 0 Å². The molecule has 9 aromatic carbocycles. The van der Waals surface area contributed by atoms with Crippen molar-refractivity contribution < 1.29 is 105 Å². The van der Waals surface area contributed by atoms with Crippen LogP contribution in [0.1, 0.15) is 61.5 Å². The maximum absolute atomic E-state index is 15.2. The summed E-state index contributed by atoms with van der Waals surface area (Å²) in [5, 5.41) is 11.0. The number of alkyl halides is 24. The van der Waals surface area contributed by atoms with Gasteiger partial charge in [-0.3, -0.25) is 4.98 Å². The Labute approximate surface area is 534 Å². The molecular weight excluding hydrogens is 1350 g/mol. The highest BCUT2D eigenvalue weighted by Crippen LogP contribution is 2.51. The minimum atomic E-state index is -5.55. The summed E-state index contributed by atoms with van der Waals surface area (Å²) in [6.07, 6.45) is -43.5. The molecule has 98 heavy (non-hydrogen) atoms. The van der Waals surface area contributed by atoms with Crippen molar-refractivity contribution in [3.63, 3.8) is 0 Å². The van der Waals surface area contributed by atoms with Crippen LogP contribution in [0.4, 0.5) is 105 Å². The fraction of sp³-hybridized carbons (Fsp3) is 0.143. The van der Waals surface area contributed by atoms with Gasteiger partial charge in [0.05, 0.1) is 89.6 Å². The third kappa shape index (κ3) is 12.2. The monoisotopic (exact) mass is 1390 g/mol. The van der Waals surface area contributed by atoms with Gasteiger partial charge in [-0.2, -0.15) is 111 Å². The van der Waals surface area contributed by atoms with Gasteiger partial charge in [0.15, 0.2) is 0 Å². The van der Waals surface area contributed by atoms with Crippen molar-refractivity contribution in [2.45, 2.75) is 63.3 Å². The number of hydrogen-bond donors (Lipinski definition) is 0. The molecule has 4 nitrogen and oxygen atoms in total. The van der Waals surface area contributed by atoms with E-state index in [-0.39, 0.29) is 84.6 Å². The Balaban J connectivity index is 1.29. The number of rotatable bonds is 7. The standard InChI is InChI=1S/C70H34F24N4/c1-32-19-38(20-33(2)96-32)52-30-62(98-59-23-36(46-17-9-42(65(77,78)79)28-55(46)69(89,90)91)5-13-50(59)51-14-6-37(24-60(51)98)47-18-10-43(66(80,81)82)29-56(47)70(92,93)94)61(25-39(52)31-95)97-57-21-34(44-15-7-40(63(71,72)73)26-53(44)67(83,84)85)3-11-48(57)49-12-4-35(22-58(49)97)45-16-8-41(64(74,75)76)27-54(45)68(86,87)88/h3-30H,1-2H3. The minimum Gasteiger partial charge on any atom is -0.307 e. The molecule has 3 heterocycles. The van der Waals surface area contributed by atoms with Crippen LogP contribution in [0.15, 0.2) is 170 Å². The highest BCUT2D eigenvalue weighted by atomic mass is 19.4. The summed E-state index contributed by atoms with van der Waals surface area (Å²) < 4.78 is 354. The smallest absolute Gasteiger partial charge is 0.307 e. The number of aromatic nitrogens is 3. The van der Waals surface area contributed by atoms with Gasteiger partial charge in [-0.25, -0.2) is 0 Å². The fourth-order valence-corrected chi connectivity index (χ4v) is 12.3. The summed E-state index contributed by atoms with van der Waals surface area (Å²) in [6.45, 7) is 3.05. The third-order valence-corrected chi connectivity index (χ3v) is 16.5. The van der Waals surface area contributed by atoms with E-state index in [1.807, 2.05) is 6.07 Å². The van der Waals surface area contributed by atoms with Gasteiger partial charge in [0.2, 0.25) is 0 Å². The lowest BCUT2D eigenvalue weighted by atomic mass is 9.95. The molecule has 502 valence electrons.